The minimum Gasteiger partial charge on any atom is -0.387 e. The Labute approximate surface area is 158 Å². The van der Waals surface area contributed by atoms with Crippen molar-refractivity contribution in [3.63, 3.8) is 0 Å². The Balaban J connectivity index is 2.56. The van der Waals surface area contributed by atoms with Crippen molar-refractivity contribution in [3.05, 3.63) is 81.6 Å². The minimum absolute atomic E-state index is 0.644. The van der Waals surface area contributed by atoms with Gasteiger partial charge >= 0.3 is 0 Å². The highest BCUT2D eigenvalue weighted by atomic mass is 35.5. The SMILES string of the molecule is C=C1/C=C\NC/C=C(C)\C(C2=C(CC(C)C)CCC(Cl)=C2)=C/C=C1C. The maximum absolute atomic E-state index is 6.42. The number of hydrogen-bond donors (Lipinski definition) is 1. The number of hydrogen-bond acceptors (Lipinski definition) is 1. The first-order valence-corrected chi connectivity index (χ1v) is 9.49. The van der Waals surface area contributed by atoms with Crippen LogP contribution in [0.25, 0.3) is 0 Å². The van der Waals surface area contributed by atoms with Crippen molar-refractivity contribution in [2.45, 2.75) is 47.0 Å². The lowest BCUT2D eigenvalue weighted by Crippen LogP contribution is -2.07. The molecule has 0 saturated carbocycles. The van der Waals surface area contributed by atoms with Gasteiger partial charge in [0.1, 0.15) is 0 Å². The normalized spacial score (nSPS) is 25.1. The summed E-state index contributed by atoms with van der Waals surface area (Å²) in [6, 6.07) is 0. The highest BCUT2D eigenvalue weighted by Crippen LogP contribution is 2.36. The second-order valence-electron chi connectivity index (χ2n) is 7.29. The van der Waals surface area contributed by atoms with E-state index in [1.165, 1.54) is 27.9 Å². The zero-order valence-corrected chi connectivity index (χ0v) is 16.7. The highest BCUT2D eigenvalue weighted by Gasteiger charge is 2.17. The van der Waals surface area contributed by atoms with Crippen molar-refractivity contribution >= 4 is 11.6 Å². The molecule has 0 unspecified atom stereocenters. The van der Waals surface area contributed by atoms with Crippen LogP contribution in [0.5, 0.6) is 0 Å². The number of rotatable bonds is 3. The van der Waals surface area contributed by atoms with Crippen LogP contribution in [-0.2, 0) is 0 Å². The molecular formula is C23H30ClN. The summed E-state index contributed by atoms with van der Waals surface area (Å²) in [6.45, 7) is 13.8. The third kappa shape index (κ3) is 5.64. The zero-order valence-electron chi connectivity index (χ0n) is 16.0. The lowest BCUT2D eigenvalue weighted by Gasteiger charge is -2.22. The van der Waals surface area contributed by atoms with E-state index < -0.39 is 0 Å². The lowest BCUT2D eigenvalue weighted by molar-refractivity contribution is 0.619. The summed E-state index contributed by atoms with van der Waals surface area (Å²) in [5, 5.41) is 4.26. The lowest BCUT2D eigenvalue weighted by atomic mass is 9.84. The predicted octanol–water partition coefficient (Wildman–Crippen LogP) is 6.74. The van der Waals surface area contributed by atoms with Gasteiger partial charge in [-0.3, -0.25) is 0 Å². The van der Waals surface area contributed by atoms with Gasteiger partial charge in [-0.15, -0.1) is 0 Å². The van der Waals surface area contributed by atoms with Crippen molar-refractivity contribution < 1.29 is 0 Å². The van der Waals surface area contributed by atoms with Crippen molar-refractivity contribution in [1.29, 1.82) is 0 Å². The van der Waals surface area contributed by atoms with E-state index in [4.69, 9.17) is 11.6 Å². The van der Waals surface area contributed by atoms with Gasteiger partial charge in [-0.25, -0.2) is 0 Å². The van der Waals surface area contributed by atoms with E-state index in [-0.39, 0.29) is 0 Å². The van der Waals surface area contributed by atoms with E-state index in [1.807, 2.05) is 12.3 Å². The van der Waals surface area contributed by atoms with Gasteiger partial charge in [-0.05, 0) is 85.2 Å². The molecule has 1 aliphatic carbocycles. The Kier molecular flexibility index (Phi) is 7.13. The Morgan fingerprint density at radius 2 is 1.92 bits per heavy atom. The molecular weight excluding hydrogens is 326 g/mol. The van der Waals surface area contributed by atoms with E-state index >= 15 is 0 Å². The molecule has 134 valence electrons. The van der Waals surface area contributed by atoms with Crippen LogP contribution in [-0.4, -0.2) is 6.54 Å². The summed E-state index contributed by atoms with van der Waals surface area (Å²) in [4.78, 5) is 0. The van der Waals surface area contributed by atoms with E-state index in [1.54, 1.807) is 0 Å². The topological polar surface area (TPSA) is 12.0 Å². The van der Waals surface area contributed by atoms with Crippen LogP contribution in [0.2, 0.25) is 0 Å². The van der Waals surface area contributed by atoms with Crippen molar-refractivity contribution in [2.75, 3.05) is 6.54 Å². The van der Waals surface area contributed by atoms with Crippen molar-refractivity contribution in [3.8, 4) is 0 Å². The van der Waals surface area contributed by atoms with Crippen LogP contribution in [0, 0.1) is 5.92 Å². The van der Waals surface area contributed by atoms with Crippen LogP contribution in [0.3, 0.4) is 0 Å². The largest absolute Gasteiger partial charge is 0.387 e. The molecule has 0 aromatic carbocycles. The molecule has 1 aliphatic heterocycles. The Morgan fingerprint density at radius 1 is 1.16 bits per heavy atom. The molecule has 1 nitrogen and oxygen atoms in total. The molecule has 2 aliphatic rings. The van der Waals surface area contributed by atoms with Gasteiger partial charge in [0.2, 0.25) is 0 Å². The second kappa shape index (κ2) is 9.10. The third-order valence-electron chi connectivity index (χ3n) is 4.65. The summed E-state index contributed by atoms with van der Waals surface area (Å²) in [6.07, 6.45) is 15.9. The molecule has 2 heteroatoms. The van der Waals surface area contributed by atoms with Gasteiger partial charge < -0.3 is 5.32 Å². The average Bonchev–Trinajstić information content (AvgIpc) is 2.57. The first-order valence-electron chi connectivity index (χ1n) is 9.12. The highest BCUT2D eigenvalue weighted by molar-refractivity contribution is 6.29. The molecule has 1 heterocycles. The maximum atomic E-state index is 6.42. The standard InChI is InChI=1S/C23H30ClN/c1-16(2)14-20-7-8-21(24)15-23(20)22-9-6-17(3)18(4)10-12-25-13-11-19(22)5/h6,9-12,15-16,25H,4,7-8,13-14H2,1-3,5H3/b12-10-,17-6?,19-11-,22-9+. The molecule has 0 amide bonds. The molecule has 0 bridgehead atoms. The second-order valence-corrected chi connectivity index (χ2v) is 7.78. The fraction of sp³-hybridized carbons (Fsp3) is 0.391. The van der Waals surface area contributed by atoms with Gasteiger partial charge in [0.15, 0.2) is 0 Å². The monoisotopic (exact) mass is 355 g/mol. The smallest absolute Gasteiger partial charge is 0.0331 e. The van der Waals surface area contributed by atoms with Crippen molar-refractivity contribution in [1.82, 2.24) is 5.32 Å². The molecule has 2 rings (SSSR count). The van der Waals surface area contributed by atoms with E-state index in [0.717, 1.165) is 36.4 Å². The third-order valence-corrected chi connectivity index (χ3v) is 4.95. The number of halogens is 1. The van der Waals surface area contributed by atoms with Gasteiger partial charge in [-0.1, -0.05) is 55.8 Å². The van der Waals surface area contributed by atoms with E-state index in [9.17, 15) is 0 Å². The molecule has 0 saturated heterocycles. The van der Waals surface area contributed by atoms with Gasteiger partial charge in [0, 0.05) is 11.6 Å². The van der Waals surface area contributed by atoms with Gasteiger partial charge in [0.25, 0.3) is 0 Å². The summed E-state index contributed by atoms with van der Waals surface area (Å²) in [7, 11) is 0. The van der Waals surface area contributed by atoms with Crippen LogP contribution >= 0.6 is 11.6 Å². The molecule has 0 aromatic heterocycles. The Morgan fingerprint density at radius 3 is 2.64 bits per heavy atom. The van der Waals surface area contributed by atoms with Gasteiger partial charge in [0.05, 0.1) is 0 Å². The summed E-state index contributed by atoms with van der Waals surface area (Å²) in [5.74, 6) is 0.644. The van der Waals surface area contributed by atoms with Crippen molar-refractivity contribution in [2.24, 2.45) is 5.92 Å². The van der Waals surface area contributed by atoms with E-state index in [0.29, 0.717) is 5.92 Å². The van der Waals surface area contributed by atoms with Crippen LogP contribution < -0.4 is 5.32 Å². The summed E-state index contributed by atoms with van der Waals surface area (Å²) >= 11 is 6.42. The Bertz CT molecular complexity index is 708. The quantitative estimate of drug-likeness (QED) is 0.591. The maximum Gasteiger partial charge on any atom is 0.0331 e. The molecule has 1 N–H and O–H groups in total. The van der Waals surface area contributed by atoms with Crippen LogP contribution in [0.4, 0.5) is 0 Å². The molecule has 25 heavy (non-hydrogen) atoms. The molecule has 0 atom stereocenters. The Hall–Kier alpha value is -1.73. The summed E-state index contributed by atoms with van der Waals surface area (Å²) < 4.78 is 0. The molecule has 0 fully saturated rings. The van der Waals surface area contributed by atoms with Crippen LogP contribution in [0.15, 0.2) is 81.6 Å². The van der Waals surface area contributed by atoms with Crippen LogP contribution in [0.1, 0.15) is 47.0 Å². The number of allylic oxidation sites excluding steroid dienone is 11. The first kappa shape index (κ1) is 19.6. The van der Waals surface area contributed by atoms with Gasteiger partial charge in [-0.2, -0.15) is 0 Å². The fourth-order valence-corrected chi connectivity index (χ4v) is 3.34. The minimum atomic E-state index is 0.644. The van der Waals surface area contributed by atoms with E-state index in [2.05, 4.69) is 63.9 Å². The molecule has 0 aromatic rings. The average molecular weight is 356 g/mol. The zero-order chi connectivity index (χ0) is 18.4. The predicted molar refractivity (Wildman–Crippen MR) is 112 cm³/mol. The summed E-state index contributed by atoms with van der Waals surface area (Å²) in [5.41, 5.74) is 7.56. The fourth-order valence-electron chi connectivity index (χ4n) is 3.14. The molecule has 0 spiro atoms. The molecule has 0 radical (unpaired) electrons. The first-order chi connectivity index (χ1) is 11.9. The number of nitrogens with one attached hydrogen (secondary N) is 1.